The van der Waals surface area contributed by atoms with Gasteiger partial charge in [0.2, 0.25) is 21.8 Å². The molecule has 3 aromatic carbocycles. The highest BCUT2D eigenvalue weighted by atomic mass is 32.2. The largest absolute Gasteiger partial charge is 0.497 e. The number of benzene rings is 3. The summed E-state index contributed by atoms with van der Waals surface area (Å²) < 4.78 is 32.5. The van der Waals surface area contributed by atoms with Crippen LogP contribution >= 0.6 is 0 Å². The van der Waals surface area contributed by atoms with Crippen LogP contribution in [0, 0.1) is 0 Å². The number of carbonyl (C=O) groups excluding carboxylic acids is 2. The second kappa shape index (κ2) is 13.9. The van der Waals surface area contributed by atoms with Gasteiger partial charge in [-0.2, -0.15) is 0 Å². The zero-order valence-corrected chi connectivity index (χ0v) is 26.4. The first-order valence-corrected chi connectivity index (χ1v) is 15.9. The Labute approximate surface area is 250 Å². The summed E-state index contributed by atoms with van der Waals surface area (Å²) in [5, 5.41) is 3.03. The summed E-state index contributed by atoms with van der Waals surface area (Å²) in [6, 6.07) is 23.0. The van der Waals surface area contributed by atoms with Crippen LogP contribution in [0.4, 0.5) is 5.69 Å². The Kier molecular flexibility index (Phi) is 10.8. The molecule has 0 saturated heterocycles. The van der Waals surface area contributed by atoms with Gasteiger partial charge in [-0.3, -0.25) is 13.9 Å². The molecule has 3 aromatic rings. The van der Waals surface area contributed by atoms with Gasteiger partial charge in [-0.05, 0) is 67.6 Å². The third-order valence-corrected chi connectivity index (χ3v) is 7.92. The minimum Gasteiger partial charge on any atom is -0.497 e. The van der Waals surface area contributed by atoms with E-state index in [1.807, 2.05) is 75.4 Å². The van der Waals surface area contributed by atoms with Crippen molar-refractivity contribution < 1.29 is 22.7 Å². The van der Waals surface area contributed by atoms with Gasteiger partial charge in [0.15, 0.2) is 0 Å². The molecule has 0 aliphatic carbocycles. The number of anilines is 1. The molecule has 8 nitrogen and oxygen atoms in total. The van der Waals surface area contributed by atoms with Crippen LogP contribution in [0.1, 0.15) is 57.2 Å². The molecule has 0 aromatic heterocycles. The Morgan fingerprint density at radius 1 is 0.905 bits per heavy atom. The maximum atomic E-state index is 14.2. The van der Waals surface area contributed by atoms with Crippen molar-refractivity contribution in [1.29, 1.82) is 0 Å². The first-order valence-electron chi connectivity index (χ1n) is 14.0. The second-order valence-corrected chi connectivity index (χ2v) is 13.7. The predicted octanol–water partition coefficient (Wildman–Crippen LogP) is 5.14. The Hall–Kier alpha value is -3.85. The lowest BCUT2D eigenvalue weighted by atomic mass is 10.0. The number of methoxy groups -OCH3 is 1. The lowest BCUT2D eigenvalue weighted by molar-refractivity contribution is -0.140. The fourth-order valence-corrected chi connectivity index (χ4v) is 5.46. The van der Waals surface area contributed by atoms with Crippen molar-refractivity contribution in [1.82, 2.24) is 10.2 Å². The molecule has 1 atom stereocenters. The molecule has 0 spiro atoms. The number of ether oxygens (including phenoxy) is 1. The minimum atomic E-state index is -3.83. The van der Waals surface area contributed by atoms with E-state index < -0.39 is 34.1 Å². The lowest BCUT2D eigenvalue weighted by Crippen LogP contribution is -2.56. The first kappa shape index (κ1) is 32.7. The van der Waals surface area contributed by atoms with Gasteiger partial charge in [0.25, 0.3) is 0 Å². The molecule has 0 heterocycles. The number of hydrogen-bond donors (Lipinski definition) is 1. The molecule has 0 aliphatic rings. The molecular formula is C33H43N3O5S. The van der Waals surface area contributed by atoms with Crippen LogP contribution in [0.25, 0.3) is 0 Å². The predicted molar refractivity (Wildman–Crippen MR) is 168 cm³/mol. The first-order chi connectivity index (χ1) is 19.7. The van der Waals surface area contributed by atoms with E-state index >= 15 is 0 Å². The topological polar surface area (TPSA) is 96.0 Å². The van der Waals surface area contributed by atoms with Gasteiger partial charge in [0, 0.05) is 18.5 Å². The molecule has 226 valence electrons. The Morgan fingerprint density at radius 2 is 1.52 bits per heavy atom. The maximum absolute atomic E-state index is 14.2. The summed E-state index contributed by atoms with van der Waals surface area (Å²) in [6.45, 7) is 9.37. The summed E-state index contributed by atoms with van der Waals surface area (Å²) >= 11 is 0. The monoisotopic (exact) mass is 593 g/mol. The SMILES string of the molecule is COc1cccc(CN(C(=O)CN(c2ccc(C(C)C)cc2)S(C)(=O)=O)[C@@H](Cc2ccccc2)C(=O)NC(C)(C)C)c1. The van der Waals surface area contributed by atoms with E-state index in [1.54, 1.807) is 31.4 Å². The number of carbonyl (C=O) groups is 2. The van der Waals surface area contributed by atoms with Crippen LogP contribution in [-0.2, 0) is 32.6 Å². The highest BCUT2D eigenvalue weighted by Crippen LogP contribution is 2.24. The number of hydrogen-bond acceptors (Lipinski definition) is 5. The van der Waals surface area contributed by atoms with Crippen molar-refractivity contribution in [2.24, 2.45) is 0 Å². The van der Waals surface area contributed by atoms with Crippen LogP contribution in [0.3, 0.4) is 0 Å². The van der Waals surface area contributed by atoms with Crippen LogP contribution in [0.2, 0.25) is 0 Å². The van der Waals surface area contributed by atoms with Crippen molar-refractivity contribution in [3.05, 3.63) is 95.6 Å². The fourth-order valence-electron chi connectivity index (χ4n) is 4.61. The summed E-state index contributed by atoms with van der Waals surface area (Å²) in [7, 11) is -2.27. The Balaban J connectivity index is 2.08. The number of amides is 2. The van der Waals surface area contributed by atoms with Crippen molar-refractivity contribution >= 4 is 27.5 Å². The number of nitrogens with zero attached hydrogens (tertiary/aromatic N) is 2. The van der Waals surface area contributed by atoms with Crippen molar-refractivity contribution in [3.8, 4) is 5.75 Å². The molecule has 0 radical (unpaired) electrons. The summed E-state index contributed by atoms with van der Waals surface area (Å²) in [5.74, 6) is 0.0587. The molecule has 9 heteroatoms. The fraction of sp³-hybridized carbons (Fsp3) is 0.394. The van der Waals surface area contributed by atoms with E-state index in [1.165, 1.54) is 4.90 Å². The van der Waals surface area contributed by atoms with Crippen LogP contribution < -0.4 is 14.4 Å². The molecule has 2 amide bonds. The van der Waals surface area contributed by atoms with Crippen LogP contribution in [0.15, 0.2) is 78.9 Å². The average Bonchev–Trinajstić information content (AvgIpc) is 2.92. The Morgan fingerprint density at radius 3 is 2.07 bits per heavy atom. The Bertz CT molecular complexity index is 1450. The van der Waals surface area contributed by atoms with Crippen LogP contribution in [0.5, 0.6) is 5.75 Å². The summed E-state index contributed by atoms with van der Waals surface area (Å²) in [4.78, 5) is 29.5. The maximum Gasteiger partial charge on any atom is 0.244 e. The van der Waals surface area contributed by atoms with Gasteiger partial charge in [-0.15, -0.1) is 0 Å². The van der Waals surface area contributed by atoms with E-state index in [-0.39, 0.29) is 24.8 Å². The van der Waals surface area contributed by atoms with E-state index in [9.17, 15) is 18.0 Å². The van der Waals surface area contributed by atoms with Gasteiger partial charge in [-0.1, -0.05) is 68.4 Å². The zero-order chi connectivity index (χ0) is 31.1. The molecule has 0 bridgehead atoms. The average molecular weight is 594 g/mol. The van der Waals surface area contributed by atoms with Crippen LogP contribution in [-0.4, -0.2) is 56.6 Å². The molecular weight excluding hydrogens is 550 g/mol. The second-order valence-electron chi connectivity index (χ2n) is 11.8. The molecule has 0 fully saturated rings. The van der Waals surface area contributed by atoms with Crippen molar-refractivity contribution in [2.75, 3.05) is 24.2 Å². The molecule has 0 unspecified atom stereocenters. The van der Waals surface area contributed by atoms with E-state index in [4.69, 9.17) is 4.74 Å². The third kappa shape index (κ3) is 9.34. The lowest BCUT2D eigenvalue weighted by Gasteiger charge is -2.35. The van der Waals surface area contributed by atoms with Crippen molar-refractivity contribution in [3.63, 3.8) is 0 Å². The van der Waals surface area contributed by atoms with Gasteiger partial charge in [0.05, 0.1) is 19.1 Å². The smallest absolute Gasteiger partial charge is 0.244 e. The quantitative estimate of drug-likeness (QED) is 0.314. The molecule has 0 saturated carbocycles. The van der Waals surface area contributed by atoms with Gasteiger partial charge in [0.1, 0.15) is 18.3 Å². The summed E-state index contributed by atoms with van der Waals surface area (Å²) in [5.41, 5.74) is 2.51. The minimum absolute atomic E-state index is 0.0784. The normalized spacial score (nSPS) is 12.5. The third-order valence-electron chi connectivity index (χ3n) is 6.78. The van der Waals surface area contributed by atoms with E-state index in [0.29, 0.717) is 11.4 Å². The molecule has 42 heavy (non-hydrogen) atoms. The summed E-state index contributed by atoms with van der Waals surface area (Å²) in [6.07, 6.45) is 1.33. The molecule has 1 N–H and O–H groups in total. The number of sulfonamides is 1. The highest BCUT2D eigenvalue weighted by molar-refractivity contribution is 7.92. The van der Waals surface area contributed by atoms with E-state index in [0.717, 1.165) is 27.3 Å². The van der Waals surface area contributed by atoms with Gasteiger partial charge >= 0.3 is 0 Å². The zero-order valence-electron chi connectivity index (χ0n) is 25.6. The van der Waals surface area contributed by atoms with Gasteiger partial charge in [-0.25, -0.2) is 8.42 Å². The molecule has 0 aliphatic heterocycles. The number of nitrogens with one attached hydrogen (secondary N) is 1. The van der Waals surface area contributed by atoms with Crippen molar-refractivity contribution in [2.45, 2.75) is 65.1 Å². The standard InChI is InChI=1S/C33H43N3O5S/c1-24(2)27-16-18-28(19-17-27)36(42(7,39)40)23-31(37)35(22-26-14-11-15-29(20-26)41-6)30(32(38)34-33(3,4)5)21-25-12-9-8-10-13-25/h8-20,24,30H,21-23H2,1-7H3,(H,34,38)/t30-/m0/s1. The highest BCUT2D eigenvalue weighted by Gasteiger charge is 2.34. The number of rotatable bonds is 12. The van der Waals surface area contributed by atoms with E-state index in [2.05, 4.69) is 19.2 Å². The van der Waals surface area contributed by atoms with Gasteiger partial charge < -0.3 is 15.0 Å². The molecule has 3 rings (SSSR count).